The number of sulfonamides is 1. The maximum Gasteiger partial charge on any atom is 0.276 e. The van der Waals surface area contributed by atoms with Crippen LogP contribution in [0.4, 0.5) is 15.3 Å². The largest absolute Gasteiger partial charge is 0.399 e. The van der Waals surface area contributed by atoms with Crippen molar-refractivity contribution in [3.8, 4) is 0 Å². The molecule has 142 valence electrons. The van der Waals surface area contributed by atoms with Crippen LogP contribution in [0.2, 0.25) is 0 Å². The van der Waals surface area contributed by atoms with Crippen LogP contribution in [-0.4, -0.2) is 55.4 Å². The second-order valence-corrected chi connectivity index (χ2v) is 8.60. The molecule has 0 aliphatic heterocycles. The molecule has 1 aromatic rings. The predicted molar refractivity (Wildman–Crippen MR) is 104 cm³/mol. The molecule has 0 bridgehead atoms. The van der Waals surface area contributed by atoms with Gasteiger partial charge in [0.2, 0.25) is 10.0 Å². The first-order valence-corrected chi connectivity index (χ1v) is 10.3. The Morgan fingerprint density at radius 1 is 1.04 bits per heavy atom. The third-order valence-electron chi connectivity index (χ3n) is 2.77. The van der Waals surface area contributed by atoms with Gasteiger partial charge in [0, 0.05) is 23.2 Å². The molecular weight excluding hydrogens is 386 g/mol. The summed E-state index contributed by atoms with van der Waals surface area (Å²) in [6, 6.07) is 5.82. The van der Waals surface area contributed by atoms with Crippen LogP contribution in [0.5, 0.6) is 0 Å². The SMILES string of the molecule is CN(C)C(CSC(N)=O)CSC(N)=O.Nc1ccc(S(N)(=O)=O)cc1. The van der Waals surface area contributed by atoms with E-state index < -0.39 is 20.5 Å². The van der Waals surface area contributed by atoms with Crippen molar-refractivity contribution in [2.45, 2.75) is 10.9 Å². The molecule has 8 N–H and O–H groups in total. The van der Waals surface area contributed by atoms with Crippen LogP contribution < -0.4 is 22.3 Å². The lowest BCUT2D eigenvalue weighted by Crippen LogP contribution is -2.34. The van der Waals surface area contributed by atoms with E-state index >= 15 is 0 Å². The van der Waals surface area contributed by atoms with Gasteiger partial charge in [0.25, 0.3) is 10.5 Å². The molecule has 1 aromatic carbocycles. The maximum atomic E-state index is 10.7. The summed E-state index contributed by atoms with van der Waals surface area (Å²) in [6.45, 7) is 0. The molecule has 12 heteroatoms. The lowest BCUT2D eigenvalue weighted by molar-refractivity contribution is 0.266. The number of primary sulfonamides is 1. The minimum Gasteiger partial charge on any atom is -0.399 e. The van der Waals surface area contributed by atoms with Gasteiger partial charge >= 0.3 is 0 Å². The molecule has 0 aliphatic carbocycles. The number of rotatable bonds is 6. The highest BCUT2D eigenvalue weighted by atomic mass is 32.2. The summed E-state index contributed by atoms with van der Waals surface area (Å²) >= 11 is 2.10. The fraction of sp³-hybridized carbons (Fsp3) is 0.385. The van der Waals surface area contributed by atoms with Crippen LogP contribution in [0.1, 0.15) is 0 Å². The Morgan fingerprint density at radius 3 is 1.72 bits per heavy atom. The van der Waals surface area contributed by atoms with Gasteiger partial charge in [0.1, 0.15) is 0 Å². The van der Waals surface area contributed by atoms with Crippen molar-refractivity contribution in [1.29, 1.82) is 0 Å². The van der Waals surface area contributed by atoms with E-state index in [0.717, 1.165) is 23.5 Å². The van der Waals surface area contributed by atoms with E-state index in [1.165, 1.54) is 24.3 Å². The second-order valence-electron chi connectivity index (χ2n) is 4.99. The number of nitrogen functional groups attached to an aromatic ring is 1. The standard InChI is InChI=1S/C7H15N3O2S2.C6H8N2O2S/c1-10(2)5(3-13-6(8)11)4-14-7(9)12;7-5-1-3-6(4-2-5)11(8,9)10/h5H,3-4H2,1-2H3,(H2,8,11)(H2,9,12);1-4H,7H2,(H2,8,9,10). The maximum absolute atomic E-state index is 10.7. The summed E-state index contributed by atoms with van der Waals surface area (Å²) in [6.07, 6.45) is 0. The van der Waals surface area contributed by atoms with Gasteiger partial charge in [0.15, 0.2) is 0 Å². The number of primary amides is 2. The van der Waals surface area contributed by atoms with E-state index in [0.29, 0.717) is 17.2 Å². The van der Waals surface area contributed by atoms with Crippen molar-refractivity contribution in [1.82, 2.24) is 4.90 Å². The van der Waals surface area contributed by atoms with E-state index in [4.69, 9.17) is 22.3 Å². The molecule has 25 heavy (non-hydrogen) atoms. The highest BCUT2D eigenvalue weighted by Gasteiger charge is 2.14. The number of carbonyl (C=O) groups excluding carboxylic acids is 2. The number of carbonyl (C=O) groups is 2. The molecule has 0 saturated heterocycles. The Hall–Kier alpha value is -1.47. The van der Waals surface area contributed by atoms with Crippen LogP contribution in [0.25, 0.3) is 0 Å². The van der Waals surface area contributed by atoms with Crippen molar-refractivity contribution in [3.05, 3.63) is 24.3 Å². The first kappa shape index (κ1) is 23.5. The van der Waals surface area contributed by atoms with Gasteiger partial charge in [-0.15, -0.1) is 0 Å². The summed E-state index contributed by atoms with van der Waals surface area (Å²) in [4.78, 5) is 23.1. The molecule has 0 aromatic heterocycles. The molecule has 9 nitrogen and oxygen atoms in total. The number of nitrogens with zero attached hydrogens (tertiary/aromatic N) is 1. The predicted octanol–water partition coefficient (Wildman–Crippen LogP) is 0.457. The zero-order chi connectivity index (χ0) is 19.6. The van der Waals surface area contributed by atoms with Gasteiger partial charge in [-0.3, -0.25) is 9.59 Å². The lowest BCUT2D eigenvalue weighted by atomic mass is 10.3. The summed E-state index contributed by atoms with van der Waals surface area (Å²) in [5, 5.41) is 4.03. The Bertz CT molecular complexity index is 647. The number of anilines is 1. The minimum absolute atomic E-state index is 0.0756. The van der Waals surface area contributed by atoms with Crippen molar-refractivity contribution >= 4 is 49.7 Å². The summed E-state index contributed by atoms with van der Waals surface area (Å²) in [7, 11) is 0.190. The van der Waals surface area contributed by atoms with Gasteiger partial charge < -0.3 is 22.1 Å². The van der Waals surface area contributed by atoms with E-state index in [1.807, 2.05) is 19.0 Å². The summed E-state index contributed by atoms with van der Waals surface area (Å²) in [5.74, 6) is 1.14. The van der Waals surface area contributed by atoms with Crippen LogP contribution in [-0.2, 0) is 10.0 Å². The third-order valence-corrected chi connectivity index (χ3v) is 5.38. The molecule has 0 fully saturated rings. The van der Waals surface area contributed by atoms with E-state index in [-0.39, 0.29) is 10.9 Å². The van der Waals surface area contributed by atoms with E-state index in [9.17, 15) is 18.0 Å². The fourth-order valence-electron chi connectivity index (χ4n) is 1.36. The number of amides is 2. The number of thioether (sulfide) groups is 2. The molecule has 1 rings (SSSR count). The molecule has 2 amide bonds. The Balaban J connectivity index is 0.000000472. The van der Waals surface area contributed by atoms with Gasteiger partial charge in [0.05, 0.1) is 4.90 Å². The highest BCUT2D eigenvalue weighted by molar-refractivity contribution is 8.14. The normalized spacial score (nSPS) is 11.1. The molecule has 0 atom stereocenters. The topological polar surface area (TPSA) is 176 Å². The monoisotopic (exact) mass is 409 g/mol. The first-order chi connectivity index (χ1) is 11.4. The van der Waals surface area contributed by atoms with Gasteiger partial charge in [-0.2, -0.15) is 0 Å². The zero-order valence-corrected chi connectivity index (χ0v) is 16.4. The summed E-state index contributed by atoms with van der Waals surface area (Å²) in [5.41, 5.74) is 15.9. The lowest BCUT2D eigenvalue weighted by Gasteiger charge is -2.22. The summed E-state index contributed by atoms with van der Waals surface area (Å²) < 4.78 is 21.4. The van der Waals surface area contributed by atoms with E-state index in [2.05, 4.69) is 0 Å². The van der Waals surface area contributed by atoms with Gasteiger partial charge in [-0.05, 0) is 38.4 Å². The van der Waals surface area contributed by atoms with Crippen molar-refractivity contribution in [2.75, 3.05) is 31.3 Å². The number of hydrogen-bond donors (Lipinski definition) is 4. The quantitative estimate of drug-likeness (QED) is 0.490. The van der Waals surface area contributed by atoms with Crippen LogP contribution in [0.15, 0.2) is 29.2 Å². The number of nitrogens with two attached hydrogens (primary N) is 4. The molecular formula is C13H23N5O4S3. The number of hydrogen-bond acceptors (Lipinski definition) is 8. The Labute approximate surface area is 155 Å². The molecule has 0 aliphatic rings. The Kier molecular flexibility index (Phi) is 10.5. The van der Waals surface area contributed by atoms with Crippen molar-refractivity contribution in [2.24, 2.45) is 16.6 Å². The molecule has 0 saturated carbocycles. The first-order valence-electron chi connectivity index (χ1n) is 6.82. The number of benzene rings is 1. The third kappa shape index (κ3) is 11.7. The van der Waals surface area contributed by atoms with Gasteiger partial charge in [-0.1, -0.05) is 23.5 Å². The second kappa shape index (κ2) is 11.2. The zero-order valence-electron chi connectivity index (χ0n) is 13.9. The average molecular weight is 410 g/mol. The van der Waals surface area contributed by atoms with Crippen LogP contribution >= 0.6 is 23.5 Å². The highest BCUT2D eigenvalue weighted by Crippen LogP contribution is 2.12. The van der Waals surface area contributed by atoms with E-state index in [1.54, 1.807) is 0 Å². The molecule has 0 unspecified atom stereocenters. The molecule has 0 heterocycles. The van der Waals surface area contributed by atoms with Crippen molar-refractivity contribution in [3.63, 3.8) is 0 Å². The van der Waals surface area contributed by atoms with Crippen LogP contribution in [0, 0.1) is 0 Å². The van der Waals surface area contributed by atoms with Crippen molar-refractivity contribution < 1.29 is 18.0 Å². The van der Waals surface area contributed by atoms with Crippen LogP contribution in [0.3, 0.4) is 0 Å². The Morgan fingerprint density at radius 2 is 1.44 bits per heavy atom. The molecule has 0 spiro atoms. The van der Waals surface area contributed by atoms with Gasteiger partial charge in [-0.25, -0.2) is 13.6 Å². The fourth-order valence-corrected chi connectivity index (χ4v) is 3.57. The molecule has 0 radical (unpaired) electrons. The smallest absolute Gasteiger partial charge is 0.276 e. The minimum atomic E-state index is -3.58. The average Bonchev–Trinajstić information content (AvgIpc) is 2.46.